The highest BCUT2D eigenvalue weighted by Crippen LogP contribution is 2.31. The maximum absolute atomic E-state index is 11.1. The molecule has 1 aliphatic carbocycles. The molecule has 2 aromatic heterocycles. The van der Waals surface area contributed by atoms with Crippen molar-refractivity contribution in [2.45, 2.75) is 45.1 Å². The van der Waals surface area contributed by atoms with E-state index in [-0.39, 0.29) is 5.91 Å². The summed E-state index contributed by atoms with van der Waals surface area (Å²) in [7, 11) is 0. The number of amides is 1. The van der Waals surface area contributed by atoms with Gasteiger partial charge in [-0.15, -0.1) is 0 Å². The normalized spacial score (nSPS) is 23.1. The highest BCUT2D eigenvalue weighted by Gasteiger charge is 2.30. The Bertz CT molecular complexity index is 829. The second-order valence-electron chi connectivity index (χ2n) is 7.72. The molecular formula is C20H28N6O. The molecule has 1 aliphatic heterocycles. The fourth-order valence-electron chi connectivity index (χ4n) is 4.30. The molecule has 2 unspecified atom stereocenters. The van der Waals surface area contributed by atoms with Gasteiger partial charge in [0.2, 0.25) is 5.91 Å². The molecular weight excluding hydrogens is 340 g/mol. The van der Waals surface area contributed by atoms with Crippen molar-refractivity contribution in [2.24, 2.45) is 5.92 Å². The van der Waals surface area contributed by atoms with Crippen LogP contribution in [0.1, 0.15) is 44.2 Å². The summed E-state index contributed by atoms with van der Waals surface area (Å²) < 4.78 is 1.89. The molecule has 0 bridgehead atoms. The molecule has 2 atom stereocenters. The summed E-state index contributed by atoms with van der Waals surface area (Å²) in [4.78, 5) is 22.8. The summed E-state index contributed by atoms with van der Waals surface area (Å²) in [5.41, 5.74) is 2.79. The lowest BCUT2D eigenvalue weighted by atomic mass is 9.94. The summed E-state index contributed by atoms with van der Waals surface area (Å²) in [5, 5.41) is 7.68. The van der Waals surface area contributed by atoms with Crippen LogP contribution >= 0.6 is 0 Å². The van der Waals surface area contributed by atoms with Gasteiger partial charge in [0.15, 0.2) is 5.65 Å². The van der Waals surface area contributed by atoms with E-state index in [1.165, 1.54) is 32.7 Å². The quantitative estimate of drug-likeness (QED) is 0.791. The first-order valence-corrected chi connectivity index (χ1v) is 10.00. The Morgan fingerprint density at radius 2 is 2.15 bits per heavy atom. The van der Waals surface area contributed by atoms with Crippen LogP contribution in [0, 0.1) is 5.92 Å². The number of nitrogens with zero attached hydrogens (tertiary/aromatic N) is 5. The molecule has 144 valence electrons. The fourth-order valence-corrected chi connectivity index (χ4v) is 4.30. The minimum absolute atomic E-state index is 0.0261. The van der Waals surface area contributed by atoms with Gasteiger partial charge in [0, 0.05) is 44.9 Å². The molecule has 0 aromatic carbocycles. The van der Waals surface area contributed by atoms with Crippen molar-refractivity contribution in [2.75, 3.05) is 26.2 Å². The lowest BCUT2D eigenvalue weighted by molar-refractivity contribution is -0.118. The molecule has 2 aromatic rings. The van der Waals surface area contributed by atoms with Crippen molar-refractivity contribution >= 4 is 17.1 Å². The SMILES string of the molecule is CC(=O)NCCn1nc(C2CCN(CC3CC=CCC3)C2)c2nccnc21. The molecule has 1 fully saturated rings. The van der Waals surface area contributed by atoms with E-state index in [1.807, 2.05) is 4.68 Å². The molecule has 3 heterocycles. The maximum atomic E-state index is 11.1. The summed E-state index contributed by atoms with van der Waals surface area (Å²) in [5.74, 6) is 1.17. The average molecular weight is 368 g/mol. The van der Waals surface area contributed by atoms with Crippen molar-refractivity contribution in [3.05, 3.63) is 30.2 Å². The summed E-state index contributed by atoms with van der Waals surface area (Å²) in [6.07, 6.45) is 13.0. The Morgan fingerprint density at radius 1 is 1.26 bits per heavy atom. The van der Waals surface area contributed by atoms with E-state index in [9.17, 15) is 4.79 Å². The van der Waals surface area contributed by atoms with Gasteiger partial charge in [-0.2, -0.15) is 5.10 Å². The van der Waals surface area contributed by atoms with Crippen molar-refractivity contribution < 1.29 is 4.79 Å². The maximum Gasteiger partial charge on any atom is 0.216 e. The van der Waals surface area contributed by atoms with Gasteiger partial charge in [-0.25, -0.2) is 14.6 Å². The first-order chi connectivity index (χ1) is 13.2. The number of hydrogen-bond donors (Lipinski definition) is 1. The number of allylic oxidation sites excluding steroid dienone is 2. The van der Waals surface area contributed by atoms with Gasteiger partial charge in [-0.1, -0.05) is 12.2 Å². The van der Waals surface area contributed by atoms with Crippen LogP contribution in [0.3, 0.4) is 0 Å². The van der Waals surface area contributed by atoms with E-state index in [2.05, 4.69) is 32.3 Å². The highest BCUT2D eigenvalue weighted by atomic mass is 16.1. The van der Waals surface area contributed by atoms with Crippen molar-refractivity contribution in [1.29, 1.82) is 0 Å². The van der Waals surface area contributed by atoms with Gasteiger partial charge >= 0.3 is 0 Å². The number of carbonyl (C=O) groups is 1. The Morgan fingerprint density at radius 3 is 2.96 bits per heavy atom. The Balaban J connectivity index is 1.46. The number of likely N-dealkylation sites (tertiary alicyclic amines) is 1. The van der Waals surface area contributed by atoms with Crippen LogP contribution in [0.15, 0.2) is 24.5 Å². The third-order valence-electron chi connectivity index (χ3n) is 5.65. The van der Waals surface area contributed by atoms with Crippen LogP contribution in [0.2, 0.25) is 0 Å². The molecule has 0 saturated carbocycles. The zero-order valence-corrected chi connectivity index (χ0v) is 16.0. The molecule has 1 amide bonds. The van der Waals surface area contributed by atoms with Crippen molar-refractivity contribution in [1.82, 2.24) is 30.0 Å². The van der Waals surface area contributed by atoms with E-state index in [1.54, 1.807) is 12.4 Å². The van der Waals surface area contributed by atoms with Crippen LogP contribution < -0.4 is 5.32 Å². The zero-order valence-electron chi connectivity index (χ0n) is 16.0. The molecule has 0 radical (unpaired) electrons. The lowest BCUT2D eigenvalue weighted by Gasteiger charge is -2.24. The second kappa shape index (κ2) is 8.17. The fraction of sp³-hybridized carbons (Fsp3) is 0.600. The van der Waals surface area contributed by atoms with E-state index in [0.717, 1.165) is 42.3 Å². The molecule has 1 saturated heterocycles. The van der Waals surface area contributed by atoms with Crippen LogP contribution in [0.25, 0.3) is 11.2 Å². The van der Waals surface area contributed by atoms with E-state index in [0.29, 0.717) is 19.0 Å². The molecule has 7 nitrogen and oxygen atoms in total. The number of rotatable bonds is 6. The van der Waals surface area contributed by atoms with Gasteiger partial charge < -0.3 is 10.2 Å². The first-order valence-electron chi connectivity index (χ1n) is 10.00. The molecule has 27 heavy (non-hydrogen) atoms. The zero-order chi connectivity index (χ0) is 18.6. The lowest BCUT2D eigenvalue weighted by Crippen LogP contribution is -2.28. The molecule has 7 heteroatoms. The standard InChI is InChI=1S/C20H28N6O/c1-15(27)21-10-12-26-20-19(22-8-9-23-20)18(24-26)17-7-11-25(14-17)13-16-5-3-2-4-6-16/h2-3,8-9,16-17H,4-7,10-14H2,1H3,(H,21,27). The number of aromatic nitrogens is 4. The minimum atomic E-state index is -0.0261. The second-order valence-corrected chi connectivity index (χ2v) is 7.72. The van der Waals surface area contributed by atoms with Crippen molar-refractivity contribution in [3.8, 4) is 0 Å². The van der Waals surface area contributed by atoms with Gasteiger partial charge in [-0.05, 0) is 38.1 Å². The number of carbonyl (C=O) groups excluding carboxylic acids is 1. The first kappa shape index (κ1) is 18.1. The predicted molar refractivity (Wildman–Crippen MR) is 104 cm³/mol. The monoisotopic (exact) mass is 368 g/mol. The van der Waals surface area contributed by atoms with Gasteiger partial charge in [-0.3, -0.25) is 4.79 Å². The third kappa shape index (κ3) is 4.18. The number of nitrogens with one attached hydrogen (secondary N) is 1. The largest absolute Gasteiger partial charge is 0.354 e. The predicted octanol–water partition coefficient (Wildman–Crippen LogP) is 2.11. The molecule has 4 rings (SSSR count). The smallest absolute Gasteiger partial charge is 0.216 e. The Hall–Kier alpha value is -2.28. The van der Waals surface area contributed by atoms with Crippen LogP contribution in [0.5, 0.6) is 0 Å². The summed E-state index contributed by atoms with van der Waals surface area (Å²) >= 11 is 0. The number of fused-ring (bicyclic) bond motifs is 1. The van der Waals surface area contributed by atoms with Crippen molar-refractivity contribution in [3.63, 3.8) is 0 Å². The minimum Gasteiger partial charge on any atom is -0.354 e. The Kier molecular flexibility index (Phi) is 5.48. The van der Waals surface area contributed by atoms with Crippen LogP contribution in [0.4, 0.5) is 0 Å². The van der Waals surface area contributed by atoms with Gasteiger partial charge in [0.05, 0.1) is 12.2 Å². The molecule has 1 N–H and O–H groups in total. The van der Waals surface area contributed by atoms with E-state index >= 15 is 0 Å². The van der Waals surface area contributed by atoms with E-state index in [4.69, 9.17) is 5.10 Å². The highest BCUT2D eigenvalue weighted by molar-refractivity contribution is 5.74. The molecule has 0 spiro atoms. The average Bonchev–Trinajstić information content (AvgIpc) is 3.27. The topological polar surface area (TPSA) is 75.9 Å². The summed E-state index contributed by atoms with van der Waals surface area (Å²) in [6, 6.07) is 0. The van der Waals surface area contributed by atoms with Crippen LogP contribution in [-0.2, 0) is 11.3 Å². The Labute approximate surface area is 159 Å². The third-order valence-corrected chi connectivity index (χ3v) is 5.65. The summed E-state index contributed by atoms with van der Waals surface area (Å²) in [6.45, 7) is 6.06. The number of hydrogen-bond acceptors (Lipinski definition) is 5. The van der Waals surface area contributed by atoms with Crippen LogP contribution in [-0.4, -0.2) is 56.7 Å². The van der Waals surface area contributed by atoms with Gasteiger partial charge in [0.1, 0.15) is 5.52 Å². The molecule has 2 aliphatic rings. The van der Waals surface area contributed by atoms with E-state index < -0.39 is 0 Å². The van der Waals surface area contributed by atoms with Gasteiger partial charge in [0.25, 0.3) is 0 Å².